The summed E-state index contributed by atoms with van der Waals surface area (Å²) in [5.41, 5.74) is 0. The van der Waals surface area contributed by atoms with Crippen LogP contribution in [0.25, 0.3) is 0 Å². The normalized spacial score (nSPS) is 6.44. The molecule has 2 nitrogen and oxygen atoms in total. The van der Waals surface area contributed by atoms with Crippen molar-refractivity contribution < 1.29 is 10.2 Å². The molecule has 0 aliphatic rings. The van der Waals surface area contributed by atoms with Gasteiger partial charge in [-0.3, -0.25) is 0 Å². The first-order valence-corrected chi connectivity index (χ1v) is 2.59. The summed E-state index contributed by atoms with van der Waals surface area (Å²) in [6.45, 7) is -0.0956. The smallest absolute Gasteiger partial charge is 0.105 e. The van der Waals surface area contributed by atoms with Gasteiger partial charge in [-0.05, 0) is 11.8 Å². The maximum absolute atomic E-state index is 8.22. The molecule has 0 aliphatic carbocycles. The third-order valence-electron chi connectivity index (χ3n) is 0.555. The summed E-state index contributed by atoms with van der Waals surface area (Å²) in [5, 5.41) is 16.4. The number of hydrogen-bond acceptors (Lipinski definition) is 2. The van der Waals surface area contributed by atoms with Crippen LogP contribution in [0.1, 0.15) is 6.42 Å². The van der Waals surface area contributed by atoms with Crippen molar-refractivity contribution in [3.8, 4) is 23.7 Å². The van der Waals surface area contributed by atoms with Crippen molar-refractivity contribution in [2.75, 3.05) is 13.2 Å². The topological polar surface area (TPSA) is 40.5 Å². The molecule has 0 atom stereocenters. The van der Waals surface area contributed by atoms with Crippen molar-refractivity contribution in [1.82, 2.24) is 0 Å². The first-order valence-electron chi connectivity index (χ1n) is 2.59. The third-order valence-corrected chi connectivity index (χ3v) is 0.555. The fourth-order valence-corrected chi connectivity index (χ4v) is 0.246. The molecule has 0 spiro atoms. The van der Waals surface area contributed by atoms with E-state index in [9.17, 15) is 0 Å². The molecule has 0 heterocycles. The molecule has 48 valence electrons. The van der Waals surface area contributed by atoms with E-state index in [4.69, 9.17) is 10.2 Å². The van der Waals surface area contributed by atoms with Gasteiger partial charge in [0.25, 0.3) is 0 Å². The van der Waals surface area contributed by atoms with E-state index in [-0.39, 0.29) is 13.2 Å². The average molecular weight is 124 g/mol. The van der Waals surface area contributed by atoms with Gasteiger partial charge in [0.2, 0.25) is 0 Å². The van der Waals surface area contributed by atoms with Gasteiger partial charge in [0.05, 0.1) is 6.61 Å². The Bertz CT molecular complexity index is 163. The van der Waals surface area contributed by atoms with Gasteiger partial charge >= 0.3 is 0 Å². The lowest BCUT2D eigenvalue weighted by atomic mass is 10.4. The Labute approximate surface area is 54.5 Å². The van der Waals surface area contributed by atoms with Crippen LogP contribution in [0.4, 0.5) is 0 Å². The predicted octanol–water partition coefficient (Wildman–Crippen LogP) is -0.632. The molecular formula is C7H8O2. The highest BCUT2D eigenvalue weighted by Crippen LogP contribution is 1.67. The molecule has 0 aromatic heterocycles. The number of rotatable bonds is 1. The van der Waals surface area contributed by atoms with Crippen molar-refractivity contribution in [3.63, 3.8) is 0 Å². The SMILES string of the molecule is OCC#CC#CCCO. The minimum Gasteiger partial charge on any atom is -0.395 e. The zero-order valence-corrected chi connectivity index (χ0v) is 5.02. The van der Waals surface area contributed by atoms with Crippen molar-refractivity contribution in [2.45, 2.75) is 6.42 Å². The Morgan fingerprint density at radius 2 is 1.67 bits per heavy atom. The van der Waals surface area contributed by atoms with Crippen LogP contribution in [0, 0.1) is 23.7 Å². The second kappa shape index (κ2) is 7.04. The van der Waals surface area contributed by atoms with Crippen molar-refractivity contribution in [2.24, 2.45) is 0 Å². The van der Waals surface area contributed by atoms with E-state index in [0.717, 1.165) is 0 Å². The lowest BCUT2D eigenvalue weighted by Crippen LogP contribution is -1.75. The molecule has 0 radical (unpaired) electrons. The largest absolute Gasteiger partial charge is 0.395 e. The summed E-state index contributed by atoms with van der Waals surface area (Å²) in [5.74, 6) is 9.80. The molecule has 0 aromatic carbocycles. The van der Waals surface area contributed by atoms with Crippen molar-refractivity contribution in [3.05, 3.63) is 0 Å². The van der Waals surface area contributed by atoms with Crippen LogP contribution in [0.15, 0.2) is 0 Å². The van der Waals surface area contributed by atoms with E-state index >= 15 is 0 Å². The minimum atomic E-state index is -0.159. The highest BCUT2D eigenvalue weighted by Gasteiger charge is 1.66. The van der Waals surface area contributed by atoms with E-state index in [1.54, 1.807) is 0 Å². The van der Waals surface area contributed by atoms with Crippen LogP contribution in [-0.2, 0) is 0 Å². The van der Waals surface area contributed by atoms with Crippen molar-refractivity contribution in [1.29, 1.82) is 0 Å². The molecule has 0 aliphatic heterocycles. The van der Waals surface area contributed by atoms with E-state index < -0.39 is 0 Å². The van der Waals surface area contributed by atoms with E-state index in [0.29, 0.717) is 6.42 Å². The Balaban J connectivity index is 3.36. The summed E-state index contributed by atoms with van der Waals surface area (Å²) >= 11 is 0. The molecule has 2 N–H and O–H groups in total. The number of aliphatic hydroxyl groups is 2. The van der Waals surface area contributed by atoms with Crippen LogP contribution in [-0.4, -0.2) is 23.4 Å². The molecule has 0 saturated heterocycles. The predicted molar refractivity (Wildman–Crippen MR) is 34.3 cm³/mol. The highest BCUT2D eigenvalue weighted by molar-refractivity contribution is 5.25. The lowest BCUT2D eigenvalue weighted by Gasteiger charge is -1.72. The van der Waals surface area contributed by atoms with E-state index in [2.05, 4.69) is 23.7 Å². The lowest BCUT2D eigenvalue weighted by molar-refractivity contribution is 0.305. The van der Waals surface area contributed by atoms with Crippen LogP contribution >= 0.6 is 0 Å². The van der Waals surface area contributed by atoms with Gasteiger partial charge in [0.15, 0.2) is 0 Å². The van der Waals surface area contributed by atoms with E-state index in [1.807, 2.05) is 0 Å². The second-order valence-electron chi connectivity index (χ2n) is 1.24. The summed E-state index contributed by atoms with van der Waals surface area (Å²) < 4.78 is 0. The molecule has 9 heavy (non-hydrogen) atoms. The molecule has 0 unspecified atom stereocenters. The Morgan fingerprint density at radius 3 is 2.22 bits per heavy atom. The fraction of sp³-hybridized carbons (Fsp3) is 0.429. The minimum absolute atomic E-state index is 0.0633. The molecular weight excluding hydrogens is 116 g/mol. The number of hydrogen-bond donors (Lipinski definition) is 2. The molecule has 0 bridgehead atoms. The second-order valence-corrected chi connectivity index (χ2v) is 1.24. The zero-order valence-electron chi connectivity index (χ0n) is 5.02. The number of aliphatic hydroxyl groups excluding tert-OH is 2. The quantitative estimate of drug-likeness (QED) is 0.457. The Morgan fingerprint density at radius 1 is 1.00 bits per heavy atom. The Hall–Kier alpha value is -0.960. The van der Waals surface area contributed by atoms with Gasteiger partial charge in [-0.1, -0.05) is 11.8 Å². The van der Waals surface area contributed by atoms with E-state index in [1.165, 1.54) is 0 Å². The summed E-state index contributed by atoms with van der Waals surface area (Å²) in [6.07, 6.45) is 0.445. The summed E-state index contributed by atoms with van der Waals surface area (Å²) in [4.78, 5) is 0. The first-order chi connectivity index (χ1) is 4.41. The van der Waals surface area contributed by atoms with Crippen molar-refractivity contribution >= 4 is 0 Å². The third kappa shape index (κ3) is 7.04. The molecule has 0 amide bonds. The summed E-state index contributed by atoms with van der Waals surface area (Å²) in [6, 6.07) is 0. The van der Waals surface area contributed by atoms with Gasteiger partial charge in [-0.2, -0.15) is 0 Å². The van der Waals surface area contributed by atoms with Crippen LogP contribution in [0.3, 0.4) is 0 Å². The van der Waals surface area contributed by atoms with Crippen LogP contribution < -0.4 is 0 Å². The van der Waals surface area contributed by atoms with Gasteiger partial charge < -0.3 is 10.2 Å². The van der Waals surface area contributed by atoms with Gasteiger partial charge in [0, 0.05) is 6.42 Å². The van der Waals surface area contributed by atoms with Gasteiger partial charge in [0.1, 0.15) is 6.61 Å². The molecule has 2 heteroatoms. The molecule has 0 rings (SSSR count). The zero-order chi connectivity index (χ0) is 6.95. The molecule has 0 aromatic rings. The standard InChI is InChI=1S/C7H8O2/c8-6-4-2-1-3-5-7-9/h8-9H,4,6-7H2. The fourth-order valence-electron chi connectivity index (χ4n) is 0.246. The van der Waals surface area contributed by atoms with Crippen LogP contribution in [0.5, 0.6) is 0 Å². The van der Waals surface area contributed by atoms with Gasteiger partial charge in [-0.25, -0.2) is 0 Å². The first kappa shape index (κ1) is 8.04. The average Bonchev–Trinajstić information content (AvgIpc) is 1.89. The molecule has 0 saturated carbocycles. The Kier molecular flexibility index (Phi) is 6.29. The van der Waals surface area contributed by atoms with Gasteiger partial charge in [-0.15, -0.1) is 0 Å². The monoisotopic (exact) mass is 124 g/mol. The maximum Gasteiger partial charge on any atom is 0.105 e. The summed E-state index contributed by atoms with van der Waals surface area (Å²) in [7, 11) is 0. The van der Waals surface area contributed by atoms with Crippen LogP contribution in [0.2, 0.25) is 0 Å². The highest BCUT2D eigenvalue weighted by atomic mass is 16.3. The molecule has 0 fully saturated rings. The maximum atomic E-state index is 8.22.